The monoisotopic (exact) mass is 493 g/mol. The summed E-state index contributed by atoms with van der Waals surface area (Å²) in [5.74, 6) is 0.501. The molecule has 1 aromatic rings. The summed E-state index contributed by atoms with van der Waals surface area (Å²) in [4.78, 5) is 12.8. The molecule has 3 rings (SSSR count). The zero-order valence-corrected chi connectivity index (χ0v) is 22.1. The van der Waals surface area contributed by atoms with E-state index in [2.05, 4.69) is 31.2 Å². The van der Waals surface area contributed by atoms with E-state index in [0.717, 1.165) is 64.2 Å². The van der Waals surface area contributed by atoms with Gasteiger partial charge in [0.1, 0.15) is 12.2 Å². The Kier molecular flexibility index (Phi) is 12.2. The lowest BCUT2D eigenvalue weighted by Gasteiger charge is -2.31. The number of allylic oxidation sites excluding steroid dienone is 4. The zero-order valence-electron chi connectivity index (χ0n) is 22.1. The second-order valence-electron chi connectivity index (χ2n) is 10.8. The largest absolute Gasteiger partial charge is 0.462 e. The third-order valence-corrected chi connectivity index (χ3v) is 8.13. The maximum atomic E-state index is 12.8. The smallest absolute Gasteiger partial charge is 0.309 e. The van der Waals surface area contributed by atoms with Gasteiger partial charge in [-0.05, 0) is 106 Å². The van der Waals surface area contributed by atoms with Crippen LogP contribution in [0.4, 0.5) is 4.39 Å². The van der Waals surface area contributed by atoms with Crippen molar-refractivity contribution in [1.82, 2.24) is 0 Å². The third-order valence-electron chi connectivity index (χ3n) is 8.13. The summed E-state index contributed by atoms with van der Waals surface area (Å²) >= 11 is 0. The van der Waals surface area contributed by atoms with Crippen molar-refractivity contribution in [2.45, 2.75) is 115 Å². The molecule has 2 aliphatic carbocycles. The minimum Gasteiger partial charge on any atom is -0.462 e. The molecule has 2 saturated carbocycles. The second-order valence-corrected chi connectivity index (χ2v) is 10.8. The Morgan fingerprint density at radius 2 is 1.75 bits per heavy atom. The summed E-state index contributed by atoms with van der Waals surface area (Å²) < 4.78 is 18.7. The van der Waals surface area contributed by atoms with E-state index in [1.807, 2.05) is 6.08 Å². The maximum Gasteiger partial charge on any atom is 0.309 e. The lowest BCUT2D eigenvalue weighted by Crippen LogP contribution is -2.29. The molecule has 0 unspecified atom stereocenters. The van der Waals surface area contributed by atoms with E-state index in [1.54, 1.807) is 6.08 Å². The fourth-order valence-electron chi connectivity index (χ4n) is 5.79. The minimum atomic E-state index is -0.763. The Morgan fingerprint density at radius 1 is 1.03 bits per heavy atom. The molecule has 0 N–H and O–H groups in total. The number of rotatable bonds is 12. The van der Waals surface area contributed by atoms with Crippen LogP contribution in [0.5, 0.6) is 0 Å². The molecule has 0 aromatic heterocycles. The number of benzene rings is 1. The summed E-state index contributed by atoms with van der Waals surface area (Å²) in [6, 6.07) is 10.7. The number of hydrogen-bond acceptors (Lipinski definition) is 3. The van der Waals surface area contributed by atoms with E-state index >= 15 is 0 Å². The maximum absolute atomic E-state index is 12.8. The van der Waals surface area contributed by atoms with Gasteiger partial charge in [-0.1, -0.05) is 62.6 Å². The van der Waals surface area contributed by atoms with Crippen LogP contribution in [0.15, 0.2) is 48.3 Å². The van der Waals surface area contributed by atoms with Gasteiger partial charge in [0.05, 0.1) is 5.92 Å². The van der Waals surface area contributed by atoms with Crippen LogP contribution in [0, 0.1) is 23.2 Å². The Balaban J connectivity index is 1.31. The van der Waals surface area contributed by atoms with Gasteiger partial charge in [-0.15, -0.1) is 0 Å². The van der Waals surface area contributed by atoms with Gasteiger partial charge in [0.15, 0.2) is 5.83 Å². The number of ether oxygens (including phenoxy) is 1. The number of carbonyl (C=O) groups excluding carboxylic acids is 1. The number of esters is 1. The summed E-state index contributed by atoms with van der Waals surface area (Å²) in [7, 11) is 0. The summed E-state index contributed by atoms with van der Waals surface area (Å²) in [6.45, 7) is 2.25. The molecule has 0 aliphatic heterocycles. The first-order valence-electron chi connectivity index (χ1n) is 14.3. The van der Waals surface area contributed by atoms with Crippen LogP contribution in [0.25, 0.3) is 0 Å². The minimum absolute atomic E-state index is 0.0151. The molecular weight excluding hydrogens is 449 g/mol. The fourth-order valence-corrected chi connectivity index (χ4v) is 5.79. The number of nitriles is 1. The molecule has 3 nitrogen and oxygen atoms in total. The van der Waals surface area contributed by atoms with Crippen LogP contribution < -0.4 is 0 Å². The predicted octanol–water partition coefficient (Wildman–Crippen LogP) is 8.90. The van der Waals surface area contributed by atoms with E-state index in [-0.39, 0.29) is 18.0 Å². The number of nitrogens with zero attached hydrogens (tertiary/aromatic N) is 1. The highest BCUT2D eigenvalue weighted by Gasteiger charge is 2.30. The van der Waals surface area contributed by atoms with Crippen molar-refractivity contribution in [3.8, 4) is 6.07 Å². The van der Waals surface area contributed by atoms with Crippen molar-refractivity contribution in [3.05, 3.63) is 59.4 Å². The van der Waals surface area contributed by atoms with Crippen LogP contribution in [-0.4, -0.2) is 12.1 Å². The first-order valence-corrected chi connectivity index (χ1v) is 14.3. The summed E-state index contributed by atoms with van der Waals surface area (Å²) in [5.41, 5.74) is 2.89. The highest BCUT2D eigenvalue weighted by Crippen LogP contribution is 2.36. The zero-order chi connectivity index (χ0) is 25.6. The van der Waals surface area contributed by atoms with E-state index in [4.69, 9.17) is 10.00 Å². The first kappa shape index (κ1) is 28.2. The molecule has 4 heteroatoms. The number of hydrogen-bond donors (Lipinski definition) is 0. The Hall–Kier alpha value is -2.41. The lowest BCUT2D eigenvalue weighted by atomic mass is 9.79. The summed E-state index contributed by atoms with van der Waals surface area (Å²) in [6.07, 6.45) is 21.2. The molecule has 0 radical (unpaired) electrons. The van der Waals surface area contributed by atoms with Crippen LogP contribution in [0.1, 0.15) is 114 Å². The molecule has 0 bridgehead atoms. The van der Waals surface area contributed by atoms with Gasteiger partial charge in [0, 0.05) is 0 Å². The van der Waals surface area contributed by atoms with Gasteiger partial charge in [-0.2, -0.15) is 9.65 Å². The highest BCUT2D eigenvalue weighted by molar-refractivity contribution is 5.72. The van der Waals surface area contributed by atoms with Gasteiger partial charge in [-0.25, -0.2) is 0 Å². The van der Waals surface area contributed by atoms with Crippen LogP contribution in [-0.2, 0) is 16.0 Å². The fraction of sp³-hybridized carbons (Fsp3) is 0.625. The van der Waals surface area contributed by atoms with E-state index in [0.29, 0.717) is 11.8 Å². The van der Waals surface area contributed by atoms with Gasteiger partial charge < -0.3 is 4.74 Å². The number of aryl methyl sites for hydroxylation is 1. The second kappa shape index (κ2) is 15.6. The van der Waals surface area contributed by atoms with E-state index in [1.165, 1.54) is 55.4 Å². The molecule has 196 valence electrons. The van der Waals surface area contributed by atoms with Crippen molar-refractivity contribution in [2.24, 2.45) is 11.8 Å². The Morgan fingerprint density at radius 3 is 2.42 bits per heavy atom. The number of carbonyl (C=O) groups is 1. The summed E-state index contributed by atoms with van der Waals surface area (Å²) in [5, 5.41) is 8.40. The third kappa shape index (κ3) is 9.57. The first-order chi connectivity index (χ1) is 17.6. The van der Waals surface area contributed by atoms with Crippen LogP contribution in [0.2, 0.25) is 0 Å². The predicted molar refractivity (Wildman–Crippen MR) is 144 cm³/mol. The molecule has 36 heavy (non-hydrogen) atoms. The van der Waals surface area contributed by atoms with Crippen molar-refractivity contribution < 1.29 is 13.9 Å². The molecule has 2 aliphatic rings. The number of unbranched alkanes of at least 4 members (excludes halogenated alkanes) is 3. The highest BCUT2D eigenvalue weighted by atomic mass is 19.1. The normalized spacial score (nSPS) is 25.0. The molecule has 0 atom stereocenters. The average molecular weight is 494 g/mol. The Bertz CT molecular complexity index is 882. The molecule has 0 heterocycles. The molecule has 1 aromatic carbocycles. The Labute approximate surface area is 217 Å². The lowest BCUT2D eigenvalue weighted by molar-refractivity contribution is -0.157. The molecule has 2 fully saturated rings. The van der Waals surface area contributed by atoms with Gasteiger partial charge in [-0.3, -0.25) is 4.79 Å². The van der Waals surface area contributed by atoms with Crippen molar-refractivity contribution in [1.29, 1.82) is 5.26 Å². The van der Waals surface area contributed by atoms with Crippen LogP contribution in [0.3, 0.4) is 0 Å². The van der Waals surface area contributed by atoms with E-state index in [9.17, 15) is 9.18 Å². The topological polar surface area (TPSA) is 50.1 Å². The average Bonchev–Trinajstić information content (AvgIpc) is 2.92. The molecule has 0 saturated heterocycles. The molecule has 0 amide bonds. The van der Waals surface area contributed by atoms with Crippen molar-refractivity contribution >= 4 is 5.97 Å². The van der Waals surface area contributed by atoms with Crippen molar-refractivity contribution in [2.75, 3.05) is 0 Å². The molecule has 0 spiro atoms. The SMILES string of the molecule is CCCCCCc1ccc(C2CCC(OC(=O)C3CCC(CCC=CC=C(F)C#N)CC3)CC2)cc1. The van der Waals surface area contributed by atoms with Crippen molar-refractivity contribution in [3.63, 3.8) is 0 Å². The van der Waals surface area contributed by atoms with Gasteiger partial charge >= 0.3 is 5.97 Å². The van der Waals surface area contributed by atoms with Gasteiger partial charge in [0.2, 0.25) is 0 Å². The standard InChI is InChI=1S/C32H44FNO2/c1-2-3-4-6-9-25-12-16-27(17-13-25)28-20-22-31(23-21-28)36-32(35)29-18-14-26(15-19-29)10-7-5-8-11-30(33)24-34/h5,8,11-13,16-17,26,28-29,31H,2-4,6-7,9-10,14-15,18-23H2,1H3. The van der Waals surface area contributed by atoms with Gasteiger partial charge in [0.25, 0.3) is 0 Å². The van der Waals surface area contributed by atoms with Crippen LogP contribution >= 0.6 is 0 Å². The quantitative estimate of drug-likeness (QED) is 0.126. The van der Waals surface area contributed by atoms with E-state index < -0.39 is 5.83 Å². The molecular formula is C32H44FNO2. The number of halogens is 1.